The van der Waals surface area contributed by atoms with Gasteiger partial charge in [-0.25, -0.2) is 29.9 Å². The Morgan fingerprint density at radius 3 is 0.843 bits per heavy atom. The van der Waals surface area contributed by atoms with Gasteiger partial charge in [0.15, 0.2) is 5.82 Å². The number of rotatable bonds is 10. The summed E-state index contributed by atoms with van der Waals surface area (Å²) in [7, 11) is 0. The van der Waals surface area contributed by atoms with Gasteiger partial charge in [0.05, 0.1) is 78.3 Å². The number of nitrogens with zero attached hydrogens (tertiary/aromatic N) is 8. The van der Waals surface area contributed by atoms with Crippen LogP contribution in [0.25, 0.3) is 189 Å². The van der Waals surface area contributed by atoms with Gasteiger partial charge in [0, 0.05) is 93.4 Å². The second-order valence-corrected chi connectivity index (χ2v) is 25.8. The highest BCUT2D eigenvalue weighted by Crippen LogP contribution is 2.40. The molecule has 0 aliphatic heterocycles. The van der Waals surface area contributed by atoms with Gasteiger partial charge in [0.1, 0.15) is 0 Å². The zero-order valence-corrected chi connectivity index (χ0v) is 55.2. The molecular weight excluding hydrogens is 1240 g/mol. The Morgan fingerprint density at radius 2 is 0.451 bits per heavy atom. The third-order valence-electron chi connectivity index (χ3n) is 19.5. The lowest BCUT2D eigenvalue weighted by Crippen LogP contribution is -2.01. The minimum atomic E-state index is 0.684. The van der Waals surface area contributed by atoms with E-state index in [2.05, 4.69) is 319 Å². The molecule has 0 spiro atoms. The van der Waals surface area contributed by atoms with Crippen LogP contribution in [0.15, 0.2) is 364 Å². The molecule has 0 aliphatic rings. The molecule has 476 valence electrons. The van der Waals surface area contributed by atoms with E-state index >= 15 is 0 Å². The van der Waals surface area contributed by atoms with E-state index in [9.17, 15) is 0 Å². The first kappa shape index (κ1) is 59.4. The van der Waals surface area contributed by atoms with Gasteiger partial charge in [-0.15, -0.1) is 0 Å². The summed E-state index contributed by atoms with van der Waals surface area (Å²) in [5, 5.41) is 9.17. The standard InChI is InChI=1S/C52H34N4.C42H26N4/c1-3-16-35(17-4-1)37-20-15-21-38(30-37)46-34-47(54-52(53-46)36-18-5-2-6-19-36)39-31-40(55-48-26-11-7-22-42(48)43-23-8-12-27-49(43)55)33-41(32-39)56-50-28-13-9-24-44(50)45-25-10-14-29-51(45)56;1-3-8-27(9-4-1)35-22-18-29-14-16-31-20-24-37(45-41(31)39(29)43-35)33-12-7-13-34(26-33)38-25-21-32-17-15-30-19-23-36(28-10-5-2-6-11-28)44-40(30)42(32)46-38/h1-34H;1-26H. The highest BCUT2D eigenvalue weighted by atomic mass is 15.0. The smallest absolute Gasteiger partial charge is 0.160 e. The van der Waals surface area contributed by atoms with E-state index in [4.69, 9.17) is 29.9 Å². The third kappa shape index (κ3) is 10.8. The van der Waals surface area contributed by atoms with Crippen molar-refractivity contribution in [3.8, 4) is 101 Å². The molecule has 0 saturated carbocycles. The van der Waals surface area contributed by atoms with Crippen molar-refractivity contribution in [3.05, 3.63) is 364 Å². The van der Waals surface area contributed by atoms with Gasteiger partial charge in [0.2, 0.25) is 0 Å². The van der Waals surface area contributed by atoms with Crippen molar-refractivity contribution in [1.82, 2.24) is 39.0 Å². The Hall–Kier alpha value is -13.8. The Labute approximate surface area is 588 Å². The fraction of sp³-hybridized carbons (Fsp3) is 0. The summed E-state index contributed by atoms with van der Waals surface area (Å²) in [5.74, 6) is 0.684. The first-order valence-electron chi connectivity index (χ1n) is 34.4. The molecule has 0 aliphatic carbocycles. The molecule has 8 nitrogen and oxygen atoms in total. The van der Waals surface area contributed by atoms with Gasteiger partial charge in [-0.3, -0.25) is 0 Å². The largest absolute Gasteiger partial charge is 0.309 e. The van der Waals surface area contributed by atoms with E-state index in [-0.39, 0.29) is 0 Å². The van der Waals surface area contributed by atoms with Gasteiger partial charge < -0.3 is 9.13 Å². The Kier molecular flexibility index (Phi) is 14.7. The molecule has 0 atom stereocenters. The van der Waals surface area contributed by atoms with Crippen molar-refractivity contribution in [2.45, 2.75) is 0 Å². The average Bonchev–Trinajstić information content (AvgIpc) is 1.56. The van der Waals surface area contributed by atoms with Crippen molar-refractivity contribution in [1.29, 1.82) is 0 Å². The molecule has 0 bridgehead atoms. The Morgan fingerprint density at radius 1 is 0.167 bits per heavy atom. The van der Waals surface area contributed by atoms with Crippen LogP contribution in [-0.4, -0.2) is 39.0 Å². The summed E-state index contributed by atoms with van der Waals surface area (Å²) in [5.41, 5.74) is 25.3. The number of fused-ring (bicyclic) bond motifs is 12. The van der Waals surface area contributed by atoms with E-state index in [0.717, 1.165) is 156 Å². The zero-order chi connectivity index (χ0) is 67.5. The highest BCUT2D eigenvalue weighted by molar-refractivity contribution is 6.11. The molecule has 20 aromatic rings. The molecule has 0 N–H and O–H groups in total. The summed E-state index contributed by atoms with van der Waals surface area (Å²) in [6.45, 7) is 0. The molecule has 0 radical (unpaired) electrons. The molecule has 102 heavy (non-hydrogen) atoms. The van der Waals surface area contributed by atoms with Crippen LogP contribution in [0.4, 0.5) is 0 Å². The maximum atomic E-state index is 5.34. The van der Waals surface area contributed by atoms with Crippen LogP contribution in [0.1, 0.15) is 0 Å². The molecule has 8 heteroatoms. The SMILES string of the molecule is c1ccc(-c2ccc3ccc4ccc(-c5cccc(-c6ccc7ccc8ccc(-c9ccccc9)nc8c7n6)c5)nc4c3n2)cc1.c1ccc(-c2cccc(-c3cc(-c4cc(-n5c6ccccc6c6ccccc65)cc(-n5c6ccccc6c6ccccc65)c4)nc(-c4ccccc4)n3)c2)cc1. The van der Waals surface area contributed by atoms with Crippen LogP contribution in [-0.2, 0) is 0 Å². The van der Waals surface area contributed by atoms with Crippen molar-refractivity contribution in [3.63, 3.8) is 0 Å². The van der Waals surface area contributed by atoms with E-state index in [1.807, 2.05) is 54.6 Å². The quantitative estimate of drug-likeness (QED) is 0.127. The van der Waals surface area contributed by atoms with Crippen LogP contribution in [0.2, 0.25) is 0 Å². The van der Waals surface area contributed by atoms with E-state index in [1.165, 1.54) is 27.1 Å². The van der Waals surface area contributed by atoms with Crippen LogP contribution in [0.3, 0.4) is 0 Å². The molecule has 13 aromatic carbocycles. The zero-order valence-electron chi connectivity index (χ0n) is 55.2. The number of para-hydroxylation sites is 4. The molecule has 20 rings (SSSR count). The number of aromatic nitrogens is 8. The maximum absolute atomic E-state index is 5.34. The molecule has 0 saturated heterocycles. The van der Waals surface area contributed by atoms with Gasteiger partial charge >= 0.3 is 0 Å². The number of benzene rings is 13. The van der Waals surface area contributed by atoms with Crippen molar-refractivity contribution in [2.75, 3.05) is 0 Å². The number of pyridine rings is 4. The topological polar surface area (TPSA) is 87.2 Å². The van der Waals surface area contributed by atoms with Crippen LogP contribution < -0.4 is 0 Å². The fourth-order valence-electron chi connectivity index (χ4n) is 14.6. The van der Waals surface area contributed by atoms with Gasteiger partial charge in [-0.2, -0.15) is 0 Å². The number of hydrogen-bond donors (Lipinski definition) is 0. The van der Waals surface area contributed by atoms with Crippen LogP contribution in [0, 0.1) is 0 Å². The molecule has 7 aromatic heterocycles. The molecule has 0 fully saturated rings. The van der Waals surface area contributed by atoms with Crippen LogP contribution in [0.5, 0.6) is 0 Å². The Bertz CT molecular complexity index is 6210. The summed E-state index contributed by atoms with van der Waals surface area (Å²) in [4.78, 5) is 31.1. The Balaban J connectivity index is 0.000000144. The second-order valence-electron chi connectivity index (χ2n) is 25.8. The van der Waals surface area contributed by atoms with E-state index in [1.54, 1.807) is 0 Å². The predicted molar refractivity (Wildman–Crippen MR) is 422 cm³/mol. The first-order chi connectivity index (χ1) is 50.5. The lowest BCUT2D eigenvalue weighted by atomic mass is 10.0. The summed E-state index contributed by atoms with van der Waals surface area (Å²) in [6, 6.07) is 128. The third-order valence-corrected chi connectivity index (χ3v) is 19.5. The molecule has 0 amide bonds. The van der Waals surface area contributed by atoms with Gasteiger partial charge in [-0.05, 0) is 96.1 Å². The monoisotopic (exact) mass is 1300 g/mol. The van der Waals surface area contributed by atoms with Crippen molar-refractivity contribution < 1.29 is 0 Å². The summed E-state index contributed by atoms with van der Waals surface area (Å²) in [6.07, 6.45) is 0. The maximum Gasteiger partial charge on any atom is 0.160 e. The fourth-order valence-corrected chi connectivity index (χ4v) is 14.6. The minimum Gasteiger partial charge on any atom is -0.309 e. The number of hydrogen-bond acceptors (Lipinski definition) is 6. The van der Waals surface area contributed by atoms with Crippen molar-refractivity contribution >= 4 is 87.2 Å². The second kappa shape index (κ2) is 25.2. The van der Waals surface area contributed by atoms with E-state index < -0.39 is 0 Å². The average molecular weight is 1300 g/mol. The van der Waals surface area contributed by atoms with Crippen molar-refractivity contribution in [2.24, 2.45) is 0 Å². The molecule has 0 unspecified atom stereocenters. The normalized spacial score (nSPS) is 11.5. The van der Waals surface area contributed by atoms with E-state index in [0.29, 0.717) is 5.82 Å². The molecular formula is C94H60N8. The lowest BCUT2D eigenvalue weighted by molar-refractivity contribution is 1.13. The van der Waals surface area contributed by atoms with Gasteiger partial charge in [0.25, 0.3) is 0 Å². The van der Waals surface area contributed by atoms with Gasteiger partial charge in [-0.1, -0.05) is 279 Å². The molecule has 7 heterocycles. The van der Waals surface area contributed by atoms with Crippen LogP contribution >= 0.6 is 0 Å². The summed E-state index contributed by atoms with van der Waals surface area (Å²) < 4.78 is 4.80. The predicted octanol–water partition coefficient (Wildman–Crippen LogP) is 23.9. The minimum absolute atomic E-state index is 0.684. The lowest BCUT2D eigenvalue weighted by Gasteiger charge is -2.16. The summed E-state index contributed by atoms with van der Waals surface area (Å²) >= 11 is 0. The highest BCUT2D eigenvalue weighted by Gasteiger charge is 2.21. The first-order valence-corrected chi connectivity index (χ1v) is 34.4.